The molecule has 3 aromatic carbocycles. The number of likely N-dealkylation sites (tertiary alicyclic amines) is 1. The minimum Gasteiger partial charge on any atom is -0.508 e. The Balaban J connectivity index is 1.52. The lowest BCUT2D eigenvalue weighted by atomic mass is 10.1. The number of carbonyl (C=O) groups is 1. The Morgan fingerprint density at radius 3 is 2.26 bits per heavy atom. The molecule has 1 saturated heterocycles. The molecule has 4 aromatic rings. The number of hydrogen-bond acceptors (Lipinski definition) is 4. The van der Waals surface area contributed by atoms with Crippen molar-refractivity contribution in [3.63, 3.8) is 0 Å². The van der Waals surface area contributed by atoms with E-state index in [2.05, 4.69) is 28.5 Å². The second-order valence-electron chi connectivity index (χ2n) is 9.14. The minimum atomic E-state index is -0.396. The summed E-state index contributed by atoms with van der Waals surface area (Å²) in [6.07, 6.45) is 4.03. The van der Waals surface area contributed by atoms with Gasteiger partial charge in [0.25, 0.3) is 5.91 Å². The van der Waals surface area contributed by atoms with Crippen molar-refractivity contribution < 1.29 is 15.0 Å². The smallest absolute Gasteiger partial charge is 0.265 e. The number of fused-ring (bicyclic) bond motifs is 1. The van der Waals surface area contributed by atoms with Crippen LogP contribution in [0.15, 0.2) is 72.4 Å². The number of aromatic nitrogens is 1. The second kappa shape index (κ2) is 9.22. The zero-order valence-corrected chi connectivity index (χ0v) is 19.7. The summed E-state index contributed by atoms with van der Waals surface area (Å²) in [6, 6.07) is 20.8. The maximum Gasteiger partial charge on any atom is 0.265 e. The number of benzene rings is 3. The van der Waals surface area contributed by atoms with Crippen LogP contribution < -0.4 is 5.73 Å². The minimum absolute atomic E-state index is 0.222. The van der Waals surface area contributed by atoms with E-state index >= 15 is 0 Å². The van der Waals surface area contributed by atoms with E-state index in [0.29, 0.717) is 12.2 Å². The maximum absolute atomic E-state index is 12.0. The Labute approximate surface area is 204 Å². The van der Waals surface area contributed by atoms with Crippen molar-refractivity contribution in [3.05, 3.63) is 89.1 Å². The van der Waals surface area contributed by atoms with Crippen LogP contribution in [0.5, 0.6) is 11.5 Å². The zero-order valence-electron chi connectivity index (χ0n) is 19.7. The molecule has 1 fully saturated rings. The number of carbonyl (C=O) groups excluding carboxylic acids is 1. The number of hydrogen-bond donors (Lipinski definition) is 3. The van der Waals surface area contributed by atoms with E-state index in [-0.39, 0.29) is 11.5 Å². The van der Waals surface area contributed by atoms with Crippen molar-refractivity contribution in [1.82, 2.24) is 9.47 Å². The fourth-order valence-electron chi connectivity index (χ4n) is 5.00. The number of primary amides is 1. The average molecular weight is 468 g/mol. The lowest BCUT2D eigenvalue weighted by molar-refractivity contribution is -0.115. The van der Waals surface area contributed by atoms with Crippen LogP contribution in [-0.4, -0.2) is 38.7 Å². The number of nitrogens with zero attached hydrogens (tertiary/aromatic N) is 2. The summed E-state index contributed by atoms with van der Waals surface area (Å²) in [5.74, 6) is 0.0565. The third-order valence-corrected chi connectivity index (χ3v) is 6.76. The van der Waals surface area contributed by atoms with E-state index in [1.807, 2.05) is 36.4 Å². The number of rotatable bonds is 6. The highest BCUT2D eigenvalue weighted by molar-refractivity contribution is 5.96. The number of aryl methyl sites for hydroxylation is 1. The van der Waals surface area contributed by atoms with Crippen LogP contribution in [0.4, 0.5) is 0 Å². The van der Waals surface area contributed by atoms with Gasteiger partial charge < -0.3 is 25.4 Å². The number of aromatic hydroxyl groups is 2. The molecule has 0 aliphatic carbocycles. The largest absolute Gasteiger partial charge is 0.508 e. The van der Waals surface area contributed by atoms with Crippen LogP contribution >= 0.6 is 0 Å². The highest BCUT2D eigenvalue weighted by Crippen LogP contribution is 2.36. The summed E-state index contributed by atoms with van der Waals surface area (Å²) < 4.78 is 2.24. The van der Waals surface area contributed by atoms with Gasteiger partial charge in [-0.25, -0.2) is 0 Å². The normalized spacial score (nSPS) is 14.1. The molecule has 0 atom stereocenters. The average Bonchev–Trinajstić information content (AvgIpc) is 3.46. The first-order chi connectivity index (χ1) is 16.9. The van der Waals surface area contributed by atoms with E-state index in [9.17, 15) is 15.0 Å². The van der Waals surface area contributed by atoms with Crippen molar-refractivity contribution in [3.8, 4) is 22.8 Å². The van der Waals surface area contributed by atoms with Gasteiger partial charge in [-0.3, -0.25) is 4.79 Å². The van der Waals surface area contributed by atoms with Crippen LogP contribution in [0.1, 0.15) is 29.5 Å². The zero-order chi connectivity index (χ0) is 24.5. The summed E-state index contributed by atoms with van der Waals surface area (Å²) in [5, 5.41) is 20.8. The van der Waals surface area contributed by atoms with Gasteiger partial charge in [0.1, 0.15) is 17.2 Å². The van der Waals surface area contributed by atoms with E-state index in [4.69, 9.17) is 5.73 Å². The standard InChI is InChI=1S/C29H29N3O3/c1-19-25-17-24(34)12-13-26(25)32(28(19)22-8-10-23(33)11-9-22)18-21-6-4-20(5-7-21)16-27(29(30)35)31-14-2-3-15-31/h4-13,16-17,33-34H,2-3,14-15,18H2,1H3,(H2,30,35). The first-order valence-corrected chi connectivity index (χ1v) is 11.9. The molecular weight excluding hydrogens is 438 g/mol. The fourth-order valence-corrected chi connectivity index (χ4v) is 5.00. The molecule has 35 heavy (non-hydrogen) atoms. The molecule has 0 spiro atoms. The molecular formula is C29H29N3O3. The van der Waals surface area contributed by atoms with Gasteiger partial charge >= 0.3 is 0 Å². The molecule has 1 aliphatic rings. The highest BCUT2D eigenvalue weighted by Gasteiger charge is 2.19. The second-order valence-corrected chi connectivity index (χ2v) is 9.14. The molecule has 5 rings (SSSR count). The highest BCUT2D eigenvalue weighted by atomic mass is 16.3. The van der Waals surface area contributed by atoms with Gasteiger partial charge in [-0.05, 0) is 90.6 Å². The van der Waals surface area contributed by atoms with Crippen molar-refractivity contribution >= 4 is 22.9 Å². The molecule has 1 aliphatic heterocycles. The molecule has 2 heterocycles. The maximum atomic E-state index is 12.0. The van der Waals surface area contributed by atoms with Gasteiger partial charge in [-0.2, -0.15) is 0 Å². The van der Waals surface area contributed by atoms with E-state index in [0.717, 1.165) is 64.8 Å². The number of nitrogens with two attached hydrogens (primary N) is 1. The van der Waals surface area contributed by atoms with E-state index in [1.165, 1.54) is 0 Å². The van der Waals surface area contributed by atoms with Crippen LogP contribution in [0, 0.1) is 6.92 Å². The molecule has 1 amide bonds. The lowest BCUT2D eigenvalue weighted by Crippen LogP contribution is -2.29. The molecule has 1 aromatic heterocycles. The Hall–Kier alpha value is -4.19. The summed E-state index contributed by atoms with van der Waals surface area (Å²) in [5.41, 5.74) is 12.4. The summed E-state index contributed by atoms with van der Waals surface area (Å²) in [4.78, 5) is 14.1. The van der Waals surface area contributed by atoms with Crippen molar-refractivity contribution in [1.29, 1.82) is 0 Å². The third kappa shape index (κ3) is 4.47. The Morgan fingerprint density at radius 1 is 0.943 bits per heavy atom. The number of amides is 1. The number of phenols is 2. The van der Waals surface area contributed by atoms with E-state index < -0.39 is 5.91 Å². The fraction of sp³-hybridized carbons (Fsp3) is 0.207. The first kappa shape index (κ1) is 22.6. The van der Waals surface area contributed by atoms with Gasteiger partial charge in [0.2, 0.25) is 0 Å². The molecule has 0 bridgehead atoms. The summed E-state index contributed by atoms with van der Waals surface area (Å²) >= 11 is 0. The topological polar surface area (TPSA) is 91.7 Å². The first-order valence-electron chi connectivity index (χ1n) is 11.9. The van der Waals surface area contributed by atoms with Gasteiger partial charge in [-0.15, -0.1) is 0 Å². The molecule has 0 saturated carbocycles. The van der Waals surface area contributed by atoms with Crippen LogP contribution in [0.2, 0.25) is 0 Å². The third-order valence-electron chi connectivity index (χ3n) is 6.76. The predicted molar refractivity (Wildman–Crippen MR) is 139 cm³/mol. The Kier molecular flexibility index (Phi) is 5.95. The van der Waals surface area contributed by atoms with Crippen molar-refractivity contribution in [2.75, 3.05) is 13.1 Å². The quantitative estimate of drug-likeness (QED) is 0.348. The molecule has 0 radical (unpaired) electrons. The molecule has 6 heteroatoms. The lowest BCUT2D eigenvalue weighted by Gasteiger charge is -2.19. The predicted octanol–water partition coefficient (Wildman–Crippen LogP) is 5.00. The van der Waals surface area contributed by atoms with Gasteiger partial charge in [0.15, 0.2) is 0 Å². The summed E-state index contributed by atoms with van der Waals surface area (Å²) in [7, 11) is 0. The Morgan fingerprint density at radius 2 is 1.60 bits per heavy atom. The van der Waals surface area contributed by atoms with E-state index in [1.54, 1.807) is 24.3 Å². The van der Waals surface area contributed by atoms with Crippen LogP contribution in [0.25, 0.3) is 28.2 Å². The van der Waals surface area contributed by atoms with Gasteiger partial charge in [-0.1, -0.05) is 24.3 Å². The monoisotopic (exact) mass is 467 g/mol. The van der Waals surface area contributed by atoms with Crippen molar-refractivity contribution in [2.24, 2.45) is 5.73 Å². The molecule has 6 nitrogen and oxygen atoms in total. The molecule has 178 valence electrons. The number of phenolic OH excluding ortho intramolecular Hbond substituents is 2. The molecule has 4 N–H and O–H groups in total. The van der Waals surface area contributed by atoms with Gasteiger partial charge in [0.05, 0.1) is 5.69 Å². The van der Waals surface area contributed by atoms with Crippen molar-refractivity contribution in [2.45, 2.75) is 26.3 Å². The Bertz CT molecular complexity index is 1410. The van der Waals surface area contributed by atoms with Gasteiger partial charge in [0, 0.05) is 30.5 Å². The molecule has 0 unspecified atom stereocenters. The van der Waals surface area contributed by atoms with Crippen LogP contribution in [-0.2, 0) is 11.3 Å². The van der Waals surface area contributed by atoms with Crippen LogP contribution in [0.3, 0.4) is 0 Å². The summed E-state index contributed by atoms with van der Waals surface area (Å²) in [6.45, 7) is 4.41. The SMILES string of the molecule is Cc1c(-c2ccc(O)cc2)n(Cc2ccc(C=C(C(N)=O)N3CCCC3)cc2)c2ccc(O)cc12.